The monoisotopic (exact) mass is 296 g/mol. The summed E-state index contributed by atoms with van der Waals surface area (Å²) in [6.07, 6.45) is 3.44. The van der Waals surface area contributed by atoms with Gasteiger partial charge in [-0.2, -0.15) is 0 Å². The van der Waals surface area contributed by atoms with Crippen LogP contribution in [0, 0.1) is 7.43 Å². The summed E-state index contributed by atoms with van der Waals surface area (Å²) in [4.78, 5) is 0. The van der Waals surface area contributed by atoms with E-state index < -0.39 is 5.60 Å². The Morgan fingerprint density at radius 1 is 1.26 bits per heavy atom. The molecule has 19 heavy (non-hydrogen) atoms. The molecule has 2 unspecified atom stereocenters. The number of phenolic OH excluding ortho intramolecular Hbond substituents is 2. The van der Waals surface area contributed by atoms with Crippen LogP contribution < -0.4 is 12.4 Å². The second-order valence-corrected chi connectivity index (χ2v) is 5.03. The van der Waals surface area contributed by atoms with Crippen molar-refractivity contribution in [1.29, 1.82) is 0 Å². The first-order valence-electron chi connectivity index (χ1n) is 5.72. The first-order chi connectivity index (χ1) is 7.48. The summed E-state index contributed by atoms with van der Waals surface area (Å²) in [5.74, 6) is 0.385. The molecule has 2 atom stereocenters. The number of rotatable bonds is 1. The van der Waals surface area contributed by atoms with Gasteiger partial charge < -0.3 is 35.2 Å². The number of hydrogen-bond acceptors (Lipinski definition) is 3. The largest absolute Gasteiger partial charge is 2.00 e. The van der Waals surface area contributed by atoms with Crippen molar-refractivity contribution >= 4 is 23.1 Å². The van der Waals surface area contributed by atoms with Crippen molar-refractivity contribution in [3.8, 4) is 11.5 Å². The molecule has 3 N–H and O–H groups in total. The summed E-state index contributed by atoms with van der Waals surface area (Å²) in [6.45, 7) is 1.84. The van der Waals surface area contributed by atoms with Gasteiger partial charge in [-0.1, -0.05) is 6.07 Å². The molecule has 0 saturated heterocycles. The molecule has 0 aliphatic heterocycles. The third-order valence-electron chi connectivity index (χ3n) is 3.41. The molecule has 0 heterocycles. The fourth-order valence-corrected chi connectivity index (χ4v) is 2.61. The summed E-state index contributed by atoms with van der Waals surface area (Å²) in [6, 6.07) is 4.69. The Hall–Kier alpha value is -0.164. The van der Waals surface area contributed by atoms with Gasteiger partial charge >= 0.3 is 23.1 Å². The van der Waals surface area contributed by atoms with Crippen LogP contribution in [0.3, 0.4) is 0 Å². The van der Waals surface area contributed by atoms with Gasteiger partial charge in [0.15, 0.2) is 0 Å². The maximum Gasteiger partial charge on any atom is 2.00 e. The van der Waals surface area contributed by atoms with E-state index >= 15 is 0 Å². The van der Waals surface area contributed by atoms with Crippen LogP contribution in [-0.4, -0.2) is 44.0 Å². The molecule has 0 amide bonds. The van der Waals surface area contributed by atoms with Crippen LogP contribution in [-0.2, 0) is 0 Å². The van der Waals surface area contributed by atoms with Crippen LogP contribution in [0.5, 0.6) is 11.5 Å². The van der Waals surface area contributed by atoms with Crippen LogP contribution in [0.25, 0.3) is 0 Å². The molecule has 1 aliphatic carbocycles. The Morgan fingerprint density at radius 3 is 2.42 bits per heavy atom. The molecule has 1 aliphatic rings. The van der Waals surface area contributed by atoms with Gasteiger partial charge in [0.2, 0.25) is 0 Å². The van der Waals surface area contributed by atoms with Gasteiger partial charge in [-0.15, -0.1) is 0 Å². The van der Waals surface area contributed by atoms with Crippen molar-refractivity contribution in [1.82, 2.24) is 0 Å². The SMILES string of the molecule is CC1(O)CCCC(c2ccc(O)cc2O)C1.[CH3-].[Cl-].[Mg+2]. The molecular weight excluding hydrogens is 276 g/mol. The molecule has 1 aromatic rings. The maximum atomic E-state index is 10.0. The molecule has 104 valence electrons. The Morgan fingerprint density at radius 2 is 1.89 bits per heavy atom. The van der Waals surface area contributed by atoms with E-state index in [1.54, 1.807) is 12.1 Å². The molecule has 0 aromatic heterocycles. The van der Waals surface area contributed by atoms with Crippen LogP contribution >= 0.6 is 0 Å². The standard InChI is InChI=1S/C13H18O3.CH3.ClH.Mg/c1-13(16)6-2-3-9(8-13)11-5-4-10(14)7-12(11)15;;;/h4-5,7,9,14-16H,2-3,6,8H2,1H3;1H3;1H;/q;-1;;+2/p-1. The predicted octanol–water partition coefficient (Wildman–Crippen LogP) is -0.420. The third-order valence-corrected chi connectivity index (χ3v) is 3.41. The van der Waals surface area contributed by atoms with Gasteiger partial charge in [-0.25, -0.2) is 0 Å². The van der Waals surface area contributed by atoms with Gasteiger partial charge in [-0.3, -0.25) is 0 Å². The zero-order valence-electron chi connectivity index (χ0n) is 11.6. The summed E-state index contributed by atoms with van der Waals surface area (Å²) in [5, 5.41) is 29.0. The average molecular weight is 297 g/mol. The number of aliphatic hydroxyl groups is 1. The van der Waals surface area contributed by atoms with Crippen molar-refractivity contribution in [2.24, 2.45) is 0 Å². The predicted molar refractivity (Wildman–Crippen MR) is 73.8 cm³/mol. The molecule has 1 aromatic carbocycles. The fourth-order valence-electron chi connectivity index (χ4n) is 2.61. The summed E-state index contributed by atoms with van der Waals surface area (Å²) in [5.41, 5.74) is 0.200. The smallest absolute Gasteiger partial charge is 1.00 e. The minimum Gasteiger partial charge on any atom is -1.00 e. The zero-order chi connectivity index (χ0) is 11.8. The van der Waals surface area contributed by atoms with Gasteiger partial charge in [0.25, 0.3) is 0 Å². The van der Waals surface area contributed by atoms with Crippen LogP contribution in [0.2, 0.25) is 0 Å². The number of hydrogen-bond donors (Lipinski definition) is 3. The van der Waals surface area contributed by atoms with E-state index in [4.69, 9.17) is 0 Å². The number of halogens is 1. The molecular formula is C14H21ClMgO3. The summed E-state index contributed by atoms with van der Waals surface area (Å²) >= 11 is 0. The van der Waals surface area contributed by atoms with Gasteiger partial charge in [0.05, 0.1) is 5.60 Å². The second-order valence-electron chi connectivity index (χ2n) is 5.03. The van der Waals surface area contributed by atoms with E-state index in [2.05, 4.69) is 0 Å². The topological polar surface area (TPSA) is 60.7 Å². The second kappa shape index (κ2) is 8.20. The minimum absolute atomic E-state index is 0. The normalized spacial score (nSPS) is 25.5. The van der Waals surface area contributed by atoms with E-state index in [0.29, 0.717) is 6.42 Å². The Bertz CT molecular complexity index is 396. The minimum atomic E-state index is -0.632. The van der Waals surface area contributed by atoms with Crippen molar-refractivity contribution in [3.05, 3.63) is 31.2 Å². The molecule has 1 fully saturated rings. The molecule has 3 nitrogen and oxygen atoms in total. The molecule has 0 spiro atoms. The Labute approximate surface area is 137 Å². The quantitative estimate of drug-likeness (QED) is 0.487. The molecule has 2 rings (SSSR count). The molecule has 0 bridgehead atoms. The molecule has 5 heteroatoms. The van der Waals surface area contributed by atoms with E-state index in [0.717, 1.165) is 24.8 Å². The van der Waals surface area contributed by atoms with Crippen molar-refractivity contribution < 1.29 is 27.7 Å². The number of phenols is 2. The van der Waals surface area contributed by atoms with Gasteiger partial charge in [0, 0.05) is 6.07 Å². The van der Waals surface area contributed by atoms with E-state index in [1.165, 1.54) is 6.07 Å². The van der Waals surface area contributed by atoms with Gasteiger partial charge in [0.1, 0.15) is 11.5 Å². The number of benzene rings is 1. The van der Waals surface area contributed by atoms with Crippen molar-refractivity contribution in [3.63, 3.8) is 0 Å². The van der Waals surface area contributed by atoms with Crippen molar-refractivity contribution in [2.75, 3.05) is 0 Å². The zero-order valence-corrected chi connectivity index (χ0v) is 13.7. The van der Waals surface area contributed by atoms with E-state index in [-0.39, 0.29) is 60.3 Å². The van der Waals surface area contributed by atoms with E-state index in [1.807, 2.05) is 6.92 Å². The molecule has 1 saturated carbocycles. The van der Waals surface area contributed by atoms with Crippen LogP contribution in [0.1, 0.15) is 44.1 Å². The first kappa shape index (κ1) is 21.1. The maximum absolute atomic E-state index is 10.0. The fraction of sp³-hybridized carbons (Fsp3) is 0.500. The van der Waals surface area contributed by atoms with Gasteiger partial charge in [-0.05, 0) is 50.2 Å². The van der Waals surface area contributed by atoms with Crippen molar-refractivity contribution in [2.45, 2.75) is 44.1 Å². The Kier molecular flexibility index (Phi) is 9.12. The van der Waals surface area contributed by atoms with E-state index in [9.17, 15) is 15.3 Å². The third kappa shape index (κ3) is 5.38. The average Bonchev–Trinajstić information content (AvgIpc) is 2.15. The Balaban J connectivity index is 0. The summed E-state index contributed by atoms with van der Waals surface area (Å²) < 4.78 is 0. The molecule has 0 radical (unpaired) electrons. The summed E-state index contributed by atoms with van der Waals surface area (Å²) in [7, 11) is 0. The van der Waals surface area contributed by atoms with Crippen LogP contribution in [0.4, 0.5) is 0 Å². The first-order valence-corrected chi connectivity index (χ1v) is 5.72. The number of aromatic hydroxyl groups is 2. The van der Waals surface area contributed by atoms with Crippen LogP contribution in [0.15, 0.2) is 18.2 Å².